The molecular formula is C72H140O17P2. The number of phosphoric acid groups is 2. The average molecular weight is 1340 g/mol. The molecule has 4 unspecified atom stereocenters. The molecule has 91 heavy (non-hydrogen) atoms. The van der Waals surface area contributed by atoms with Crippen molar-refractivity contribution in [2.24, 2.45) is 23.7 Å². The van der Waals surface area contributed by atoms with Gasteiger partial charge in [-0.05, 0) is 49.4 Å². The quantitative estimate of drug-likeness (QED) is 0.0222. The molecule has 0 bridgehead atoms. The topological polar surface area (TPSA) is 237 Å². The SMILES string of the molecule is CCC(C)CCCCCCCCCCC(=O)O[C@H](COC(=O)CCCCCCCCC(C)C)COP(=O)(O)OCC(O)COP(=O)(O)OC[C@@H](COC(=O)CCCCCCCCC(C)C)OC(=O)CCCCCCCCCCCCCCCCCCCCC(C)C. The van der Waals surface area contributed by atoms with Crippen LogP contribution >= 0.6 is 15.6 Å². The maximum atomic E-state index is 13.0. The molecule has 540 valence electrons. The van der Waals surface area contributed by atoms with E-state index in [4.69, 9.17) is 37.0 Å². The number of hydrogen-bond donors (Lipinski definition) is 3. The molecule has 0 aliphatic carbocycles. The Kier molecular flexibility index (Phi) is 60.3. The van der Waals surface area contributed by atoms with Gasteiger partial charge in [0.15, 0.2) is 12.2 Å². The van der Waals surface area contributed by atoms with E-state index in [1.807, 2.05) is 0 Å². The molecule has 0 aromatic heterocycles. The minimum Gasteiger partial charge on any atom is -0.462 e. The number of aliphatic hydroxyl groups is 1. The lowest BCUT2D eigenvalue weighted by atomic mass is 9.99. The molecule has 19 heteroatoms. The van der Waals surface area contributed by atoms with Gasteiger partial charge in [0, 0.05) is 25.7 Å². The van der Waals surface area contributed by atoms with E-state index in [1.165, 1.54) is 148 Å². The molecule has 0 fully saturated rings. The van der Waals surface area contributed by atoms with Crippen LogP contribution in [-0.2, 0) is 65.4 Å². The fourth-order valence-corrected chi connectivity index (χ4v) is 12.4. The normalized spacial score (nSPS) is 14.5. The number of carbonyl (C=O) groups is 4. The van der Waals surface area contributed by atoms with Crippen molar-refractivity contribution >= 4 is 39.5 Å². The van der Waals surface area contributed by atoms with Gasteiger partial charge in [0.1, 0.15) is 19.3 Å². The van der Waals surface area contributed by atoms with Crippen LogP contribution in [0.25, 0.3) is 0 Å². The number of phosphoric ester groups is 2. The third-order valence-corrected chi connectivity index (χ3v) is 18.8. The van der Waals surface area contributed by atoms with Gasteiger partial charge in [-0.3, -0.25) is 37.3 Å². The first-order valence-electron chi connectivity index (χ1n) is 37.2. The molecule has 0 amide bonds. The molecule has 0 radical (unpaired) electrons. The lowest BCUT2D eigenvalue weighted by molar-refractivity contribution is -0.161. The summed E-state index contributed by atoms with van der Waals surface area (Å²) in [5, 5.41) is 10.6. The van der Waals surface area contributed by atoms with Crippen LogP contribution in [-0.4, -0.2) is 96.7 Å². The number of unbranched alkanes of at least 4 members (excludes halogenated alkanes) is 34. The highest BCUT2D eigenvalue weighted by atomic mass is 31.2. The van der Waals surface area contributed by atoms with Crippen molar-refractivity contribution in [3.8, 4) is 0 Å². The Hall–Kier alpha value is -1.94. The van der Waals surface area contributed by atoms with Gasteiger partial charge in [0.05, 0.1) is 26.4 Å². The van der Waals surface area contributed by atoms with Gasteiger partial charge in [-0.1, -0.05) is 306 Å². The largest absolute Gasteiger partial charge is 0.472 e. The summed E-state index contributed by atoms with van der Waals surface area (Å²) in [6, 6.07) is 0. The molecule has 0 aliphatic rings. The molecule has 0 saturated heterocycles. The van der Waals surface area contributed by atoms with E-state index >= 15 is 0 Å². The van der Waals surface area contributed by atoms with Crippen molar-refractivity contribution in [3.05, 3.63) is 0 Å². The Morgan fingerprint density at radius 2 is 0.527 bits per heavy atom. The van der Waals surface area contributed by atoms with Gasteiger partial charge < -0.3 is 33.8 Å². The molecule has 0 heterocycles. The first-order valence-corrected chi connectivity index (χ1v) is 40.2. The molecule has 0 aliphatic heterocycles. The Morgan fingerprint density at radius 3 is 0.780 bits per heavy atom. The number of hydrogen-bond acceptors (Lipinski definition) is 15. The fraction of sp³-hybridized carbons (Fsp3) is 0.944. The summed E-state index contributed by atoms with van der Waals surface area (Å²) in [6.45, 7) is 14.0. The summed E-state index contributed by atoms with van der Waals surface area (Å²) in [4.78, 5) is 72.5. The summed E-state index contributed by atoms with van der Waals surface area (Å²) < 4.78 is 68.2. The summed E-state index contributed by atoms with van der Waals surface area (Å²) in [5.74, 6) is 0.816. The van der Waals surface area contributed by atoms with E-state index in [-0.39, 0.29) is 25.7 Å². The molecule has 0 aromatic carbocycles. The maximum absolute atomic E-state index is 13.0. The number of esters is 4. The van der Waals surface area contributed by atoms with Crippen molar-refractivity contribution in [3.63, 3.8) is 0 Å². The summed E-state index contributed by atoms with van der Waals surface area (Å²) >= 11 is 0. The Bertz CT molecular complexity index is 1800. The standard InChI is InChI=1S/C72H140O17P2/c1-9-65(8)51-43-35-25-22-23-27-39-47-55-72(77)89-68(59-83-70(75)53-45-37-31-29-34-42-50-64(6)7)61-87-91(80,81)85-57-66(73)56-84-90(78,79)86-60-67(58-82-69(74)52-44-36-30-28-33-41-49-63(4)5)88-71(76)54-46-38-26-21-19-17-15-13-11-10-12-14-16-18-20-24-32-40-48-62(2)3/h62-68,73H,9-61H2,1-8H3,(H,78,79)(H,80,81)/t65?,66?,67-,68-/m1/s1. The summed E-state index contributed by atoms with van der Waals surface area (Å²) in [6.07, 6.45) is 44.9. The van der Waals surface area contributed by atoms with Crippen LogP contribution in [0.4, 0.5) is 0 Å². The number of rotatable bonds is 69. The summed E-state index contributed by atoms with van der Waals surface area (Å²) in [7, 11) is -9.90. The predicted molar refractivity (Wildman–Crippen MR) is 367 cm³/mol. The zero-order valence-corrected chi connectivity index (χ0v) is 61.3. The molecule has 17 nitrogen and oxygen atoms in total. The van der Waals surface area contributed by atoms with Gasteiger partial charge in [-0.15, -0.1) is 0 Å². The Balaban J connectivity index is 5.15. The zero-order chi connectivity index (χ0) is 67.5. The highest BCUT2D eigenvalue weighted by Crippen LogP contribution is 2.45. The second-order valence-electron chi connectivity index (χ2n) is 27.6. The third kappa shape index (κ3) is 65.1. The number of ether oxygens (including phenoxy) is 4. The van der Waals surface area contributed by atoms with Gasteiger partial charge >= 0.3 is 39.5 Å². The van der Waals surface area contributed by atoms with Crippen LogP contribution in [0.1, 0.15) is 357 Å². The van der Waals surface area contributed by atoms with Crippen molar-refractivity contribution < 1.29 is 80.2 Å². The summed E-state index contributed by atoms with van der Waals surface area (Å²) in [5.41, 5.74) is 0. The van der Waals surface area contributed by atoms with E-state index in [0.717, 1.165) is 115 Å². The van der Waals surface area contributed by atoms with Gasteiger partial charge in [0.25, 0.3) is 0 Å². The van der Waals surface area contributed by atoms with Crippen LogP contribution < -0.4 is 0 Å². The Morgan fingerprint density at radius 1 is 0.308 bits per heavy atom. The van der Waals surface area contributed by atoms with Gasteiger partial charge in [-0.2, -0.15) is 0 Å². The van der Waals surface area contributed by atoms with Crippen molar-refractivity contribution in [1.29, 1.82) is 0 Å². The van der Waals surface area contributed by atoms with Crippen molar-refractivity contribution in [2.75, 3.05) is 39.6 Å². The highest BCUT2D eigenvalue weighted by Gasteiger charge is 2.30. The second-order valence-corrected chi connectivity index (χ2v) is 30.6. The second kappa shape index (κ2) is 61.6. The lowest BCUT2D eigenvalue weighted by Gasteiger charge is -2.21. The minimum absolute atomic E-state index is 0.103. The smallest absolute Gasteiger partial charge is 0.462 e. The fourth-order valence-electron chi connectivity index (χ4n) is 10.8. The van der Waals surface area contributed by atoms with E-state index in [9.17, 15) is 43.2 Å². The number of carbonyl (C=O) groups excluding carboxylic acids is 4. The lowest BCUT2D eigenvalue weighted by Crippen LogP contribution is -2.30. The molecule has 0 spiro atoms. The first kappa shape index (κ1) is 89.1. The molecule has 0 saturated carbocycles. The van der Waals surface area contributed by atoms with E-state index in [2.05, 4.69) is 55.4 Å². The monoisotopic (exact) mass is 1340 g/mol. The predicted octanol–water partition coefficient (Wildman–Crippen LogP) is 20.5. The van der Waals surface area contributed by atoms with Crippen LogP contribution in [0, 0.1) is 23.7 Å². The molecule has 0 aromatic rings. The van der Waals surface area contributed by atoms with E-state index in [0.29, 0.717) is 37.5 Å². The van der Waals surface area contributed by atoms with Crippen LogP contribution in [0.3, 0.4) is 0 Å². The molecular weight excluding hydrogens is 1200 g/mol. The van der Waals surface area contributed by atoms with Crippen LogP contribution in [0.15, 0.2) is 0 Å². The van der Waals surface area contributed by atoms with Crippen LogP contribution in [0.5, 0.6) is 0 Å². The van der Waals surface area contributed by atoms with Crippen molar-refractivity contribution in [2.45, 2.75) is 375 Å². The highest BCUT2D eigenvalue weighted by molar-refractivity contribution is 7.47. The maximum Gasteiger partial charge on any atom is 0.472 e. The molecule has 3 N–H and O–H groups in total. The average Bonchev–Trinajstić information content (AvgIpc) is 3.72. The van der Waals surface area contributed by atoms with Gasteiger partial charge in [-0.25, -0.2) is 9.13 Å². The minimum atomic E-state index is -4.95. The first-order chi connectivity index (χ1) is 43.6. The number of aliphatic hydroxyl groups excluding tert-OH is 1. The van der Waals surface area contributed by atoms with Crippen LogP contribution in [0.2, 0.25) is 0 Å². The zero-order valence-electron chi connectivity index (χ0n) is 59.5. The molecule has 6 atom stereocenters. The van der Waals surface area contributed by atoms with E-state index in [1.54, 1.807) is 0 Å². The molecule has 0 rings (SSSR count). The Labute approximate surface area is 556 Å². The van der Waals surface area contributed by atoms with Gasteiger partial charge in [0.2, 0.25) is 0 Å². The third-order valence-electron chi connectivity index (χ3n) is 16.9. The van der Waals surface area contributed by atoms with Crippen molar-refractivity contribution in [1.82, 2.24) is 0 Å². The van der Waals surface area contributed by atoms with E-state index < -0.39 is 97.5 Å².